The smallest absolute Gasteiger partial charge is 0.124 e. The van der Waals surface area contributed by atoms with E-state index in [4.69, 9.17) is 0 Å². The minimum atomic E-state index is 0.869. The topological polar surface area (TPSA) is 24.9 Å². The molecular formula is C14H15BrN2S. The number of fused-ring (bicyclic) bond motifs is 1. The number of aromatic nitrogens is 1. The van der Waals surface area contributed by atoms with Crippen molar-refractivity contribution in [2.45, 2.75) is 6.92 Å². The number of benzene rings is 1. The molecule has 0 aliphatic carbocycles. The third-order valence-electron chi connectivity index (χ3n) is 2.53. The number of allylic oxidation sites excluding steroid dienone is 3. The molecule has 0 aliphatic heterocycles. The van der Waals surface area contributed by atoms with Gasteiger partial charge in [-0.2, -0.15) is 0 Å². The van der Waals surface area contributed by atoms with Crippen molar-refractivity contribution in [3.8, 4) is 0 Å². The van der Waals surface area contributed by atoms with Gasteiger partial charge < -0.3 is 5.32 Å². The second-order valence-electron chi connectivity index (χ2n) is 3.84. The second-order valence-corrected chi connectivity index (χ2v) is 5.78. The van der Waals surface area contributed by atoms with Crippen LogP contribution in [0.4, 0.5) is 0 Å². The predicted octanol–water partition coefficient (Wildman–Crippen LogP) is 4.24. The summed E-state index contributed by atoms with van der Waals surface area (Å²) in [5.41, 5.74) is 2.22. The van der Waals surface area contributed by atoms with Crippen molar-refractivity contribution in [2.75, 3.05) is 13.6 Å². The molecule has 1 aromatic heterocycles. The van der Waals surface area contributed by atoms with Crippen molar-refractivity contribution in [2.24, 2.45) is 0 Å². The van der Waals surface area contributed by atoms with E-state index in [2.05, 4.69) is 50.5 Å². The van der Waals surface area contributed by atoms with Crippen LogP contribution in [0.3, 0.4) is 0 Å². The fourth-order valence-corrected chi connectivity index (χ4v) is 3.19. The predicted molar refractivity (Wildman–Crippen MR) is 84.0 cm³/mol. The van der Waals surface area contributed by atoms with Gasteiger partial charge in [-0.25, -0.2) is 4.98 Å². The highest BCUT2D eigenvalue weighted by Crippen LogP contribution is 2.29. The van der Waals surface area contributed by atoms with Crippen molar-refractivity contribution in [1.29, 1.82) is 0 Å². The minimum Gasteiger partial charge on any atom is -0.316 e. The molecule has 0 radical (unpaired) electrons. The van der Waals surface area contributed by atoms with E-state index in [1.807, 2.05) is 26.1 Å². The average molecular weight is 323 g/mol. The molecule has 1 N–H and O–H groups in total. The summed E-state index contributed by atoms with van der Waals surface area (Å²) >= 11 is 5.21. The zero-order chi connectivity index (χ0) is 13.0. The van der Waals surface area contributed by atoms with Gasteiger partial charge in [0.05, 0.1) is 10.2 Å². The molecule has 0 saturated heterocycles. The molecule has 2 nitrogen and oxygen atoms in total. The molecule has 0 spiro atoms. The number of thiazole rings is 1. The summed E-state index contributed by atoms with van der Waals surface area (Å²) in [6.07, 6.45) is 6.32. The van der Waals surface area contributed by atoms with Crippen molar-refractivity contribution >= 4 is 43.1 Å². The van der Waals surface area contributed by atoms with Crippen LogP contribution in [0.2, 0.25) is 0 Å². The lowest BCUT2D eigenvalue weighted by molar-refractivity contribution is 0.920. The first-order chi connectivity index (χ1) is 8.74. The van der Waals surface area contributed by atoms with E-state index in [9.17, 15) is 0 Å². The van der Waals surface area contributed by atoms with Crippen molar-refractivity contribution in [1.82, 2.24) is 10.3 Å². The highest BCUT2D eigenvalue weighted by molar-refractivity contribution is 9.10. The Labute approximate surface area is 120 Å². The molecule has 2 aromatic rings. The van der Waals surface area contributed by atoms with Gasteiger partial charge in [0.15, 0.2) is 0 Å². The molecule has 1 heterocycles. The highest BCUT2D eigenvalue weighted by atomic mass is 79.9. The standard InChI is InChI=1S/C14H15BrN2S/c1-3-10(5-4-8-16-2)14-17-12-7-6-11(15)9-13(12)18-14/h3-7,9,16H,8H2,1-2H3/b5-4-,10-3+. The molecule has 0 atom stereocenters. The summed E-state index contributed by atoms with van der Waals surface area (Å²) in [5.74, 6) is 0. The van der Waals surface area contributed by atoms with Gasteiger partial charge in [-0.05, 0) is 32.2 Å². The Morgan fingerprint density at radius 1 is 1.50 bits per heavy atom. The quantitative estimate of drug-likeness (QED) is 0.852. The Kier molecular flexibility index (Phi) is 4.69. The third kappa shape index (κ3) is 3.07. The van der Waals surface area contributed by atoms with E-state index in [-0.39, 0.29) is 0 Å². The van der Waals surface area contributed by atoms with Crippen LogP contribution in [0.15, 0.2) is 40.9 Å². The van der Waals surface area contributed by atoms with Crippen LogP contribution in [0.1, 0.15) is 11.9 Å². The number of rotatable bonds is 4. The minimum absolute atomic E-state index is 0.869. The van der Waals surface area contributed by atoms with Crippen molar-refractivity contribution in [3.63, 3.8) is 0 Å². The maximum absolute atomic E-state index is 4.66. The van der Waals surface area contributed by atoms with Gasteiger partial charge >= 0.3 is 0 Å². The molecule has 2 rings (SSSR count). The molecule has 0 saturated carbocycles. The number of hydrogen-bond donors (Lipinski definition) is 1. The molecular weight excluding hydrogens is 308 g/mol. The van der Waals surface area contributed by atoms with Crippen LogP contribution in [0, 0.1) is 0 Å². The van der Waals surface area contributed by atoms with Crippen LogP contribution >= 0.6 is 27.3 Å². The monoisotopic (exact) mass is 322 g/mol. The molecule has 0 unspecified atom stereocenters. The van der Waals surface area contributed by atoms with E-state index in [1.54, 1.807) is 11.3 Å². The van der Waals surface area contributed by atoms with Gasteiger partial charge in [0.25, 0.3) is 0 Å². The van der Waals surface area contributed by atoms with Gasteiger partial charge in [-0.1, -0.05) is 34.2 Å². The number of nitrogens with zero attached hydrogens (tertiary/aromatic N) is 1. The van der Waals surface area contributed by atoms with Gasteiger partial charge in [0.1, 0.15) is 5.01 Å². The maximum Gasteiger partial charge on any atom is 0.124 e. The van der Waals surface area contributed by atoms with Crippen LogP contribution in [-0.2, 0) is 0 Å². The van der Waals surface area contributed by atoms with Crippen LogP contribution in [-0.4, -0.2) is 18.6 Å². The molecule has 0 aliphatic rings. The van der Waals surface area contributed by atoms with Crippen molar-refractivity contribution in [3.05, 3.63) is 45.9 Å². The Morgan fingerprint density at radius 2 is 2.33 bits per heavy atom. The Balaban J connectivity index is 2.34. The maximum atomic E-state index is 4.66. The van der Waals surface area contributed by atoms with Crippen LogP contribution in [0.25, 0.3) is 15.8 Å². The van der Waals surface area contributed by atoms with Gasteiger partial charge in [-0.15, -0.1) is 11.3 Å². The molecule has 94 valence electrons. The number of halogens is 1. The fraction of sp³-hybridized carbons (Fsp3) is 0.214. The zero-order valence-corrected chi connectivity index (χ0v) is 12.8. The molecule has 0 amide bonds. The average Bonchev–Trinajstić information content (AvgIpc) is 2.77. The number of likely N-dealkylation sites (N-methyl/N-ethyl adjacent to an activating group) is 1. The third-order valence-corrected chi connectivity index (χ3v) is 4.09. The van der Waals surface area contributed by atoms with Crippen LogP contribution in [0.5, 0.6) is 0 Å². The Morgan fingerprint density at radius 3 is 3.06 bits per heavy atom. The van der Waals surface area contributed by atoms with E-state index >= 15 is 0 Å². The second kappa shape index (κ2) is 6.27. The van der Waals surface area contributed by atoms with E-state index in [0.29, 0.717) is 0 Å². The number of nitrogens with one attached hydrogen (secondary N) is 1. The Bertz CT molecular complexity index is 599. The first-order valence-electron chi connectivity index (χ1n) is 5.78. The molecule has 0 bridgehead atoms. The lowest BCUT2D eigenvalue weighted by Crippen LogP contribution is -2.03. The SMILES string of the molecule is C/C=C(\C=C/CNC)c1nc2ccc(Br)cc2s1. The summed E-state index contributed by atoms with van der Waals surface area (Å²) in [6.45, 7) is 2.91. The van der Waals surface area contributed by atoms with Crippen LogP contribution < -0.4 is 5.32 Å². The highest BCUT2D eigenvalue weighted by Gasteiger charge is 2.06. The first kappa shape index (κ1) is 13.5. The van der Waals surface area contributed by atoms with Gasteiger partial charge in [0, 0.05) is 16.6 Å². The molecule has 4 heteroatoms. The summed E-state index contributed by atoms with van der Waals surface area (Å²) in [4.78, 5) is 4.66. The summed E-state index contributed by atoms with van der Waals surface area (Å²) < 4.78 is 2.30. The van der Waals surface area contributed by atoms with Gasteiger partial charge in [-0.3, -0.25) is 0 Å². The van der Waals surface area contributed by atoms with Crippen molar-refractivity contribution < 1.29 is 0 Å². The van der Waals surface area contributed by atoms with E-state index in [0.717, 1.165) is 21.5 Å². The van der Waals surface area contributed by atoms with E-state index in [1.165, 1.54) is 10.3 Å². The molecule has 1 aromatic carbocycles. The molecule has 0 fully saturated rings. The summed E-state index contributed by atoms with van der Waals surface area (Å²) in [6, 6.07) is 6.18. The zero-order valence-electron chi connectivity index (χ0n) is 10.4. The normalized spacial score (nSPS) is 12.7. The number of hydrogen-bond acceptors (Lipinski definition) is 3. The largest absolute Gasteiger partial charge is 0.316 e. The fourth-order valence-electron chi connectivity index (χ4n) is 1.62. The Hall–Kier alpha value is -0.970. The summed E-state index contributed by atoms with van der Waals surface area (Å²) in [5, 5.41) is 4.16. The summed E-state index contributed by atoms with van der Waals surface area (Å²) in [7, 11) is 1.94. The molecule has 18 heavy (non-hydrogen) atoms. The van der Waals surface area contributed by atoms with E-state index < -0.39 is 0 Å². The van der Waals surface area contributed by atoms with Gasteiger partial charge in [0.2, 0.25) is 0 Å². The lowest BCUT2D eigenvalue weighted by atomic mass is 10.2. The lowest BCUT2D eigenvalue weighted by Gasteiger charge is -1.95. The first-order valence-corrected chi connectivity index (χ1v) is 7.39.